The van der Waals surface area contributed by atoms with E-state index in [1.165, 1.54) is 89.2 Å². The molecule has 0 amide bonds. The summed E-state index contributed by atoms with van der Waals surface area (Å²) in [7, 11) is 0. The highest BCUT2D eigenvalue weighted by atomic mass is 16.5. The Kier molecular flexibility index (Phi) is 13.9. The topological polar surface area (TPSA) is 63.6 Å². The number of rotatable bonds is 17. The van der Waals surface area contributed by atoms with Gasteiger partial charge in [0.2, 0.25) is 0 Å². The Morgan fingerprint density at radius 1 is 0.759 bits per heavy atom. The van der Waals surface area contributed by atoms with E-state index in [1.54, 1.807) is 13.0 Å². The molecule has 1 aromatic carbocycles. The second-order valence-electron chi connectivity index (χ2n) is 8.09. The van der Waals surface area contributed by atoms with E-state index in [0.717, 1.165) is 18.4 Å². The third-order valence-corrected chi connectivity index (χ3v) is 5.36. The fourth-order valence-corrected chi connectivity index (χ4v) is 3.55. The first-order valence-corrected chi connectivity index (χ1v) is 11.6. The molecule has 0 bridgehead atoms. The predicted octanol–water partition coefficient (Wildman–Crippen LogP) is 7.33. The summed E-state index contributed by atoms with van der Waals surface area (Å²) >= 11 is 0. The Labute approximate surface area is 177 Å². The molecule has 0 saturated heterocycles. The molecule has 0 radical (unpaired) electrons. The van der Waals surface area contributed by atoms with E-state index in [2.05, 4.69) is 6.92 Å². The lowest BCUT2D eigenvalue weighted by Crippen LogP contribution is -2.12. The van der Waals surface area contributed by atoms with Gasteiger partial charge < -0.3 is 9.84 Å². The normalized spacial score (nSPS) is 10.8. The van der Waals surface area contributed by atoms with Gasteiger partial charge in [0.25, 0.3) is 0 Å². The van der Waals surface area contributed by atoms with Gasteiger partial charge in [0.1, 0.15) is 0 Å². The molecule has 0 heterocycles. The molecule has 4 heteroatoms. The number of hydrogen-bond acceptors (Lipinski definition) is 3. The van der Waals surface area contributed by atoms with Gasteiger partial charge in [0.15, 0.2) is 0 Å². The van der Waals surface area contributed by atoms with E-state index in [1.807, 2.05) is 0 Å². The summed E-state index contributed by atoms with van der Waals surface area (Å²) in [5.74, 6) is -1.64. The van der Waals surface area contributed by atoms with Crippen LogP contribution in [-0.2, 0) is 4.74 Å². The van der Waals surface area contributed by atoms with Gasteiger partial charge in [-0.1, -0.05) is 102 Å². The first-order valence-electron chi connectivity index (χ1n) is 11.6. The minimum absolute atomic E-state index is 0.0101. The van der Waals surface area contributed by atoms with Crippen LogP contribution in [0.3, 0.4) is 0 Å². The summed E-state index contributed by atoms with van der Waals surface area (Å²) in [6, 6.07) is 4.77. The first-order chi connectivity index (χ1) is 14.1. The van der Waals surface area contributed by atoms with E-state index in [9.17, 15) is 14.7 Å². The molecule has 29 heavy (non-hydrogen) atoms. The minimum atomic E-state index is -1.10. The highest BCUT2D eigenvalue weighted by Gasteiger charge is 2.17. The molecule has 1 aromatic rings. The Balaban J connectivity index is 2.00. The van der Waals surface area contributed by atoms with Crippen LogP contribution >= 0.6 is 0 Å². The van der Waals surface area contributed by atoms with Crippen molar-refractivity contribution in [3.8, 4) is 0 Å². The van der Waals surface area contributed by atoms with E-state index in [-0.39, 0.29) is 11.1 Å². The lowest BCUT2D eigenvalue weighted by molar-refractivity contribution is 0.0487. The van der Waals surface area contributed by atoms with E-state index < -0.39 is 11.9 Å². The molecule has 0 atom stereocenters. The minimum Gasteiger partial charge on any atom is -0.478 e. The van der Waals surface area contributed by atoms with Gasteiger partial charge >= 0.3 is 11.9 Å². The smallest absolute Gasteiger partial charge is 0.339 e. The summed E-state index contributed by atoms with van der Waals surface area (Å²) in [6.07, 6.45) is 17.9. The standard InChI is InChI=1S/C25H40O4/c1-3-4-5-6-7-8-9-10-11-12-13-14-15-16-19-29-25(28)22-18-17-21(2)20-23(22)24(26)27/h17-18,20H,3-16,19H2,1-2H3,(H,26,27). The summed E-state index contributed by atoms with van der Waals surface area (Å²) < 4.78 is 5.26. The van der Waals surface area contributed by atoms with Crippen molar-refractivity contribution in [1.82, 2.24) is 0 Å². The second-order valence-corrected chi connectivity index (χ2v) is 8.09. The van der Waals surface area contributed by atoms with Crippen LogP contribution in [0.4, 0.5) is 0 Å². The largest absolute Gasteiger partial charge is 0.478 e. The van der Waals surface area contributed by atoms with Crippen LogP contribution in [0.25, 0.3) is 0 Å². The highest BCUT2D eigenvalue weighted by molar-refractivity contribution is 6.02. The van der Waals surface area contributed by atoms with Gasteiger partial charge in [-0.05, 0) is 25.5 Å². The van der Waals surface area contributed by atoms with Crippen LogP contribution in [0.1, 0.15) is 123 Å². The molecule has 0 fully saturated rings. The molecule has 0 saturated carbocycles. The molecule has 164 valence electrons. The molecule has 0 aliphatic rings. The van der Waals surface area contributed by atoms with Crippen molar-refractivity contribution in [3.05, 3.63) is 34.9 Å². The third-order valence-electron chi connectivity index (χ3n) is 5.36. The van der Waals surface area contributed by atoms with Gasteiger partial charge in [-0.15, -0.1) is 0 Å². The van der Waals surface area contributed by atoms with Crippen molar-refractivity contribution in [2.45, 2.75) is 104 Å². The van der Waals surface area contributed by atoms with Crippen LogP contribution in [-0.4, -0.2) is 23.7 Å². The SMILES string of the molecule is CCCCCCCCCCCCCCCCOC(=O)c1ccc(C)cc1C(=O)O. The maximum absolute atomic E-state index is 12.1. The van der Waals surface area contributed by atoms with Crippen molar-refractivity contribution in [3.63, 3.8) is 0 Å². The Bertz CT molecular complexity index is 594. The highest BCUT2D eigenvalue weighted by Crippen LogP contribution is 2.15. The number of carboxylic acids is 1. The number of aromatic carboxylic acids is 1. The maximum Gasteiger partial charge on any atom is 0.339 e. The number of carboxylic acid groups (broad SMARTS) is 1. The number of ether oxygens (including phenoxy) is 1. The zero-order valence-corrected chi connectivity index (χ0v) is 18.5. The number of hydrogen-bond donors (Lipinski definition) is 1. The lowest BCUT2D eigenvalue weighted by Gasteiger charge is -2.08. The summed E-state index contributed by atoms with van der Waals surface area (Å²) in [5.41, 5.74) is 0.954. The molecule has 1 N–H and O–H groups in total. The van der Waals surface area contributed by atoms with Gasteiger partial charge in [-0.25, -0.2) is 9.59 Å². The molecule has 0 unspecified atom stereocenters. The number of carbonyl (C=O) groups excluding carboxylic acids is 1. The zero-order chi connectivity index (χ0) is 21.3. The second kappa shape index (κ2) is 16.0. The molecule has 4 nitrogen and oxygen atoms in total. The van der Waals surface area contributed by atoms with E-state index in [0.29, 0.717) is 6.61 Å². The van der Waals surface area contributed by atoms with Crippen molar-refractivity contribution >= 4 is 11.9 Å². The summed E-state index contributed by atoms with van der Waals surface area (Å²) in [4.78, 5) is 23.4. The van der Waals surface area contributed by atoms with Crippen molar-refractivity contribution in [2.75, 3.05) is 6.61 Å². The number of carbonyl (C=O) groups is 2. The molecule has 1 rings (SSSR count). The van der Waals surface area contributed by atoms with Crippen molar-refractivity contribution in [2.24, 2.45) is 0 Å². The molecule has 0 aliphatic carbocycles. The Hall–Kier alpha value is -1.84. The fraction of sp³-hybridized carbons (Fsp3) is 0.680. The third kappa shape index (κ3) is 11.7. The van der Waals surface area contributed by atoms with Crippen LogP contribution in [0.15, 0.2) is 18.2 Å². The van der Waals surface area contributed by atoms with E-state index >= 15 is 0 Å². The van der Waals surface area contributed by atoms with E-state index in [4.69, 9.17) is 4.74 Å². The monoisotopic (exact) mass is 404 g/mol. The predicted molar refractivity (Wildman–Crippen MR) is 119 cm³/mol. The maximum atomic E-state index is 12.1. The van der Waals surface area contributed by atoms with Crippen LogP contribution in [0, 0.1) is 6.92 Å². The zero-order valence-electron chi connectivity index (χ0n) is 18.5. The Morgan fingerprint density at radius 2 is 1.24 bits per heavy atom. The van der Waals surface area contributed by atoms with Crippen molar-refractivity contribution < 1.29 is 19.4 Å². The quantitative estimate of drug-likeness (QED) is 0.218. The van der Waals surface area contributed by atoms with Gasteiger partial charge in [-0.3, -0.25) is 0 Å². The summed E-state index contributed by atoms with van der Waals surface area (Å²) in [6.45, 7) is 4.41. The van der Waals surface area contributed by atoms with Crippen LogP contribution in [0.5, 0.6) is 0 Å². The molecular weight excluding hydrogens is 364 g/mol. The molecule has 0 spiro atoms. The Morgan fingerprint density at radius 3 is 1.72 bits per heavy atom. The molecule has 0 aliphatic heterocycles. The number of aryl methyl sites for hydroxylation is 1. The number of unbranched alkanes of at least 4 members (excludes halogenated alkanes) is 13. The average Bonchev–Trinajstić information content (AvgIpc) is 2.70. The molecule has 0 aromatic heterocycles. The fourth-order valence-electron chi connectivity index (χ4n) is 3.55. The lowest BCUT2D eigenvalue weighted by atomic mass is 10.0. The first kappa shape index (κ1) is 25.2. The van der Waals surface area contributed by atoms with Crippen molar-refractivity contribution in [1.29, 1.82) is 0 Å². The summed E-state index contributed by atoms with van der Waals surface area (Å²) in [5, 5.41) is 9.24. The average molecular weight is 405 g/mol. The van der Waals surface area contributed by atoms with Crippen LogP contribution in [0.2, 0.25) is 0 Å². The number of esters is 1. The number of benzene rings is 1. The van der Waals surface area contributed by atoms with Gasteiger partial charge in [0, 0.05) is 0 Å². The van der Waals surface area contributed by atoms with Gasteiger partial charge in [-0.2, -0.15) is 0 Å². The molecular formula is C25H40O4. The van der Waals surface area contributed by atoms with Crippen LogP contribution < -0.4 is 0 Å². The van der Waals surface area contributed by atoms with Gasteiger partial charge in [0.05, 0.1) is 17.7 Å².